The highest BCUT2D eigenvalue weighted by molar-refractivity contribution is 5.55. The van der Waals surface area contributed by atoms with E-state index in [1.54, 1.807) is 12.1 Å². The first-order chi connectivity index (χ1) is 10.3. The molecule has 1 aromatic carbocycles. The van der Waals surface area contributed by atoms with Crippen LogP contribution in [0.5, 0.6) is 0 Å². The zero-order valence-corrected chi connectivity index (χ0v) is 13.1. The number of hydrogen-bond acceptors (Lipinski definition) is 2. The quantitative estimate of drug-likeness (QED) is 0.878. The molecule has 1 N–H and O–H groups in total. The van der Waals surface area contributed by atoms with Crippen LogP contribution < -0.4 is 10.2 Å². The van der Waals surface area contributed by atoms with Gasteiger partial charge >= 0.3 is 0 Å². The van der Waals surface area contributed by atoms with E-state index in [9.17, 15) is 4.39 Å². The van der Waals surface area contributed by atoms with Crippen molar-refractivity contribution in [2.75, 3.05) is 18.0 Å². The van der Waals surface area contributed by atoms with Crippen LogP contribution in [0.2, 0.25) is 0 Å². The van der Waals surface area contributed by atoms with Crippen LogP contribution >= 0.6 is 0 Å². The molecule has 1 heterocycles. The molecule has 0 bridgehead atoms. The Hall–Kier alpha value is -1.09. The number of hydrogen-bond donors (Lipinski definition) is 1. The van der Waals surface area contributed by atoms with Gasteiger partial charge in [-0.2, -0.15) is 0 Å². The maximum absolute atomic E-state index is 13.6. The Kier molecular flexibility index (Phi) is 4.79. The van der Waals surface area contributed by atoms with Crippen LogP contribution in [0.1, 0.15) is 51.0 Å². The molecular formula is C18H27FN2. The molecule has 0 radical (unpaired) electrons. The molecule has 2 fully saturated rings. The van der Waals surface area contributed by atoms with Gasteiger partial charge in [0.15, 0.2) is 0 Å². The second-order valence-electron chi connectivity index (χ2n) is 6.50. The van der Waals surface area contributed by atoms with E-state index in [0.29, 0.717) is 6.04 Å². The van der Waals surface area contributed by atoms with Crippen molar-refractivity contribution < 1.29 is 4.39 Å². The molecule has 2 aliphatic rings. The first-order valence-electron chi connectivity index (χ1n) is 8.55. The van der Waals surface area contributed by atoms with E-state index >= 15 is 0 Å². The van der Waals surface area contributed by atoms with Crippen molar-refractivity contribution in [3.63, 3.8) is 0 Å². The fourth-order valence-electron chi connectivity index (χ4n) is 4.16. The van der Waals surface area contributed by atoms with E-state index < -0.39 is 0 Å². The van der Waals surface area contributed by atoms with Crippen LogP contribution in [0.15, 0.2) is 18.2 Å². The molecule has 1 atom stereocenters. The van der Waals surface area contributed by atoms with E-state index in [1.165, 1.54) is 44.2 Å². The Balaban J connectivity index is 1.83. The van der Waals surface area contributed by atoms with Crippen molar-refractivity contribution in [2.24, 2.45) is 5.92 Å². The summed E-state index contributed by atoms with van der Waals surface area (Å²) < 4.78 is 13.6. The molecule has 3 heteroatoms. The molecule has 21 heavy (non-hydrogen) atoms. The largest absolute Gasteiger partial charge is 0.368 e. The molecule has 1 aliphatic carbocycles. The molecule has 1 unspecified atom stereocenters. The maximum atomic E-state index is 13.6. The average molecular weight is 290 g/mol. The van der Waals surface area contributed by atoms with Crippen LogP contribution in [0.4, 0.5) is 10.1 Å². The van der Waals surface area contributed by atoms with Crippen molar-refractivity contribution in [1.82, 2.24) is 5.32 Å². The van der Waals surface area contributed by atoms with Crippen LogP contribution in [0.3, 0.4) is 0 Å². The Morgan fingerprint density at radius 3 is 2.76 bits per heavy atom. The minimum atomic E-state index is -0.122. The predicted octanol–water partition coefficient (Wildman–Crippen LogP) is 4.09. The highest BCUT2D eigenvalue weighted by Crippen LogP contribution is 2.38. The maximum Gasteiger partial charge on any atom is 0.123 e. The Bertz CT molecular complexity index is 468. The van der Waals surface area contributed by atoms with E-state index in [2.05, 4.69) is 17.1 Å². The second-order valence-corrected chi connectivity index (χ2v) is 6.50. The summed E-state index contributed by atoms with van der Waals surface area (Å²) in [5, 5.41) is 3.35. The standard InChI is InChI=1S/C18H27FN2/c1-2-20-13-15-12-16(19)9-10-18(15)21-11-5-8-17(21)14-6-3-4-7-14/h9-10,12,14,17,20H,2-8,11,13H2,1H3. The predicted molar refractivity (Wildman–Crippen MR) is 86.1 cm³/mol. The van der Waals surface area contributed by atoms with Gasteiger partial charge < -0.3 is 10.2 Å². The highest BCUT2D eigenvalue weighted by Gasteiger charge is 2.34. The van der Waals surface area contributed by atoms with Gasteiger partial charge in [-0.15, -0.1) is 0 Å². The molecule has 1 saturated carbocycles. The van der Waals surface area contributed by atoms with E-state index in [-0.39, 0.29) is 5.82 Å². The Labute approximate surface area is 127 Å². The molecule has 1 aromatic rings. The lowest BCUT2D eigenvalue weighted by atomic mass is 9.95. The van der Waals surface area contributed by atoms with E-state index in [1.807, 2.05) is 6.07 Å². The zero-order chi connectivity index (χ0) is 14.7. The summed E-state index contributed by atoms with van der Waals surface area (Å²) in [4.78, 5) is 2.57. The summed E-state index contributed by atoms with van der Waals surface area (Å²) >= 11 is 0. The summed E-state index contributed by atoms with van der Waals surface area (Å²) in [6.45, 7) is 4.90. The minimum Gasteiger partial charge on any atom is -0.368 e. The molecule has 1 aliphatic heterocycles. The summed E-state index contributed by atoms with van der Waals surface area (Å²) in [7, 11) is 0. The third kappa shape index (κ3) is 3.23. The number of nitrogens with zero attached hydrogens (tertiary/aromatic N) is 1. The van der Waals surface area contributed by atoms with Gasteiger partial charge in [0.25, 0.3) is 0 Å². The van der Waals surface area contributed by atoms with Crippen molar-refractivity contribution in [1.29, 1.82) is 0 Å². The molecule has 3 rings (SSSR count). The molecule has 1 saturated heterocycles. The van der Waals surface area contributed by atoms with Gasteiger partial charge in [-0.05, 0) is 61.9 Å². The van der Waals surface area contributed by atoms with Gasteiger partial charge in [-0.3, -0.25) is 0 Å². The Morgan fingerprint density at radius 2 is 2.00 bits per heavy atom. The lowest BCUT2D eigenvalue weighted by Gasteiger charge is -2.33. The van der Waals surface area contributed by atoms with Crippen molar-refractivity contribution in [3.05, 3.63) is 29.6 Å². The average Bonchev–Trinajstić information content (AvgIpc) is 3.15. The minimum absolute atomic E-state index is 0.122. The third-order valence-corrected chi connectivity index (χ3v) is 5.16. The van der Waals surface area contributed by atoms with Crippen LogP contribution in [-0.2, 0) is 6.54 Å². The topological polar surface area (TPSA) is 15.3 Å². The van der Waals surface area contributed by atoms with E-state index in [4.69, 9.17) is 0 Å². The van der Waals surface area contributed by atoms with Crippen molar-refractivity contribution in [3.8, 4) is 0 Å². The number of nitrogens with one attached hydrogen (secondary N) is 1. The summed E-state index contributed by atoms with van der Waals surface area (Å²) in [5.41, 5.74) is 2.37. The molecule has 0 spiro atoms. The molecule has 0 amide bonds. The zero-order valence-electron chi connectivity index (χ0n) is 13.1. The van der Waals surface area contributed by atoms with Crippen molar-refractivity contribution in [2.45, 2.75) is 58.0 Å². The van der Waals surface area contributed by atoms with Gasteiger partial charge in [-0.25, -0.2) is 4.39 Å². The molecule has 0 aromatic heterocycles. The fourth-order valence-corrected chi connectivity index (χ4v) is 4.16. The number of halogens is 1. The first kappa shape index (κ1) is 14.8. The number of rotatable bonds is 5. The van der Waals surface area contributed by atoms with Crippen LogP contribution in [-0.4, -0.2) is 19.1 Å². The molecular weight excluding hydrogens is 263 g/mol. The van der Waals surface area contributed by atoms with Crippen LogP contribution in [0, 0.1) is 11.7 Å². The molecule has 116 valence electrons. The van der Waals surface area contributed by atoms with Gasteiger partial charge in [0.05, 0.1) is 0 Å². The van der Waals surface area contributed by atoms with Gasteiger partial charge in [0, 0.05) is 24.8 Å². The Morgan fingerprint density at radius 1 is 1.19 bits per heavy atom. The van der Waals surface area contributed by atoms with Gasteiger partial charge in [0.1, 0.15) is 5.82 Å². The normalized spacial score (nSPS) is 23.1. The third-order valence-electron chi connectivity index (χ3n) is 5.16. The number of benzene rings is 1. The highest BCUT2D eigenvalue weighted by atomic mass is 19.1. The fraction of sp³-hybridized carbons (Fsp3) is 0.667. The lowest BCUT2D eigenvalue weighted by Crippen LogP contribution is -2.35. The monoisotopic (exact) mass is 290 g/mol. The molecule has 2 nitrogen and oxygen atoms in total. The summed E-state index contributed by atoms with van der Waals surface area (Å²) in [6, 6.07) is 6.00. The van der Waals surface area contributed by atoms with Gasteiger partial charge in [-0.1, -0.05) is 19.8 Å². The van der Waals surface area contributed by atoms with Gasteiger partial charge in [0.2, 0.25) is 0 Å². The number of anilines is 1. The SMILES string of the molecule is CCNCc1cc(F)ccc1N1CCCC1C1CCCC1. The van der Waals surface area contributed by atoms with E-state index in [0.717, 1.165) is 31.1 Å². The summed E-state index contributed by atoms with van der Waals surface area (Å²) in [5.74, 6) is 0.729. The lowest BCUT2D eigenvalue weighted by molar-refractivity contribution is 0.430. The smallest absolute Gasteiger partial charge is 0.123 e. The first-order valence-corrected chi connectivity index (χ1v) is 8.55. The van der Waals surface area contributed by atoms with Crippen LogP contribution in [0.25, 0.3) is 0 Å². The van der Waals surface area contributed by atoms with Crippen molar-refractivity contribution >= 4 is 5.69 Å². The summed E-state index contributed by atoms with van der Waals surface area (Å²) in [6.07, 6.45) is 8.13. The second kappa shape index (κ2) is 6.78.